The normalized spacial score (nSPS) is 15.7. The minimum absolute atomic E-state index is 0.330. The fraction of sp³-hybridized carbons (Fsp3) is 0.167. The third kappa shape index (κ3) is 7.58. The van der Waals surface area contributed by atoms with E-state index in [2.05, 4.69) is 30.6 Å². The third-order valence-electron chi connectivity index (χ3n) is 2.08. The zero-order chi connectivity index (χ0) is 14.5. The first-order chi connectivity index (χ1) is 9.83. The Hall–Kier alpha value is -2.71. The van der Waals surface area contributed by atoms with Crippen molar-refractivity contribution >= 4 is 5.97 Å². The number of cyclic esters (lactones) is 1. The largest absolute Gasteiger partial charge is 0.423 e. The second kappa shape index (κ2) is 10.2. The highest BCUT2D eigenvalue weighted by Gasteiger charge is 2.06. The number of carbonyl (C=O) groups is 1. The molecule has 0 aliphatic carbocycles. The van der Waals surface area contributed by atoms with Gasteiger partial charge in [-0.1, -0.05) is 49.1 Å². The minimum atomic E-state index is -0.330. The molecule has 0 amide bonds. The van der Waals surface area contributed by atoms with Crippen molar-refractivity contribution in [3.8, 4) is 23.7 Å². The fourth-order valence-electron chi connectivity index (χ4n) is 1.18. The van der Waals surface area contributed by atoms with E-state index in [-0.39, 0.29) is 5.97 Å². The first kappa shape index (κ1) is 15.3. The van der Waals surface area contributed by atoms with Gasteiger partial charge in [0.05, 0.1) is 0 Å². The number of allylic oxidation sites excluding steroid dienone is 8. The van der Waals surface area contributed by atoms with Crippen LogP contribution in [-0.4, -0.2) is 5.97 Å². The number of hydrogen-bond donors (Lipinski definition) is 0. The summed E-state index contributed by atoms with van der Waals surface area (Å²) in [6.07, 6.45) is 17.6. The van der Waals surface area contributed by atoms with E-state index in [1.165, 1.54) is 6.08 Å². The molecule has 0 bridgehead atoms. The lowest BCUT2D eigenvalue weighted by Gasteiger charge is -1.90. The summed E-state index contributed by atoms with van der Waals surface area (Å²) in [4.78, 5) is 10.8. The standard InChI is InChI=1S/C18H16O2/c1-2-3-4-5-6-7-8-9-10-11-12-13-14-17-15-16-18(19)20-17/h8-16H,2-3H2,1H3. The predicted molar refractivity (Wildman–Crippen MR) is 81.2 cm³/mol. The molecule has 0 aromatic carbocycles. The number of carbonyl (C=O) groups excluding carboxylic acids is 1. The van der Waals surface area contributed by atoms with Crippen LogP contribution in [-0.2, 0) is 9.53 Å². The van der Waals surface area contributed by atoms with E-state index in [0.29, 0.717) is 5.76 Å². The number of hydrogen-bond acceptors (Lipinski definition) is 2. The lowest BCUT2D eigenvalue weighted by molar-refractivity contribution is -0.132. The summed E-state index contributed by atoms with van der Waals surface area (Å²) in [5.74, 6) is 11.5. The average molecular weight is 264 g/mol. The molecule has 1 heterocycles. The Balaban J connectivity index is 2.27. The molecule has 1 aliphatic heterocycles. The molecular formula is C18H16O2. The van der Waals surface area contributed by atoms with Crippen LogP contribution >= 0.6 is 0 Å². The van der Waals surface area contributed by atoms with Gasteiger partial charge >= 0.3 is 5.97 Å². The molecule has 0 radical (unpaired) electrons. The van der Waals surface area contributed by atoms with Gasteiger partial charge in [-0.3, -0.25) is 0 Å². The van der Waals surface area contributed by atoms with Crippen LogP contribution in [0.1, 0.15) is 19.8 Å². The summed E-state index contributed by atoms with van der Waals surface area (Å²) >= 11 is 0. The van der Waals surface area contributed by atoms with Crippen molar-refractivity contribution in [1.82, 2.24) is 0 Å². The molecule has 1 rings (SSSR count). The van der Waals surface area contributed by atoms with Crippen LogP contribution in [0.15, 0.2) is 60.4 Å². The molecule has 1 aliphatic rings. The number of esters is 1. The summed E-state index contributed by atoms with van der Waals surface area (Å²) in [7, 11) is 0. The summed E-state index contributed by atoms with van der Waals surface area (Å²) in [5.41, 5.74) is 0. The summed E-state index contributed by atoms with van der Waals surface area (Å²) in [5, 5.41) is 0. The molecule has 2 heteroatoms. The van der Waals surface area contributed by atoms with Crippen molar-refractivity contribution in [3.05, 3.63) is 60.4 Å². The third-order valence-corrected chi connectivity index (χ3v) is 2.08. The van der Waals surface area contributed by atoms with Gasteiger partial charge in [0.2, 0.25) is 0 Å². The van der Waals surface area contributed by atoms with Gasteiger partial charge in [-0.15, -0.1) is 0 Å². The van der Waals surface area contributed by atoms with Crippen molar-refractivity contribution in [2.75, 3.05) is 0 Å². The fourth-order valence-corrected chi connectivity index (χ4v) is 1.18. The van der Waals surface area contributed by atoms with E-state index in [1.54, 1.807) is 24.3 Å². The lowest BCUT2D eigenvalue weighted by Crippen LogP contribution is -1.89. The van der Waals surface area contributed by atoms with Gasteiger partial charge in [0.15, 0.2) is 0 Å². The number of unbranched alkanes of at least 4 members (excludes halogenated alkanes) is 1. The number of ether oxygens (including phenoxy) is 1. The molecule has 20 heavy (non-hydrogen) atoms. The van der Waals surface area contributed by atoms with Gasteiger partial charge in [-0.25, -0.2) is 4.79 Å². The molecule has 0 saturated heterocycles. The molecule has 0 atom stereocenters. The Labute approximate surface area is 120 Å². The maximum absolute atomic E-state index is 10.8. The van der Waals surface area contributed by atoms with Crippen LogP contribution in [0.4, 0.5) is 0 Å². The van der Waals surface area contributed by atoms with E-state index in [0.717, 1.165) is 12.8 Å². The van der Waals surface area contributed by atoms with E-state index >= 15 is 0 Å². The minimum Gasteiger partial charge on any atom is -0.423 e. The highest BCUT2D eigenvalue weighted by Crippen LogP contribution is 2.08. The Kier molecular flexibility index (Phi) is 7.85. The lowest BCUT2D eigenvalue weighted by atomic mass is 10.3. The van der Waals surface area contributed by atoms with Crippen molar-refractivity contribution in [2.45, 2.75) is 19.8 Å². The summed E-state index contributed by atoms with van der Waals surface area (Å²) < 4.78 is 4.85. The zero-order valence-electron chi connectivity index (χ0n) is 11.4. The first-order valence-electron chi connectivity index (χ1n) is 6.41. The molecule has 2 nitrogen and oxygen atoms in total. The van der Waals surface area contributed by atoms with E-state index in [9.17, 15) is 4.79 Å². The first-order valence-corrected chi connectivity index (χ1v) is 6.41. The van der Waals surface area contributed by atoms with Gasteiger partial charge in [-0.2, -0.15) is 0 Å². The second-order valence-electron chi connectivity index (χ2n) is 3.77. The molecule has 0 aromatic heterocycles. The molecule has 0 spiro atoms. The zero-order valence-corrected chi connectivity index (χ0v) is 11.4. The maximum atomic E-state index is 10.8. The van der Waals surface area contributed by atoms with Crippen molar-refractivity contribution < 1.29 is 9.53 Å². The molecule has 0 saturated carbocycles. The maximum Gasteiger partial charge on any atom is 0.336 e. The van der Waals surface area contributed by atoms with Crippen LogP contribution in [0.2, 0.25) is 0 Å². The van der Waals surface area contributed by atoms with Gasteiger partial charge in [0.1, 0.15) is 5.76 Å². The quantitative estimate of drug-likeness (QED) is 0.441. The Morgan fingerprint density at radius 3 is 2.65 bits per heavy atom. The monoisotopic (exact) mass is 264 g/mol. The Morgan fingerprint density at radius 2 is 1.90 bits per heavy atom. The van der Waals surface area contributed by atoms with Crippen molar-refractivity contribution in [2.24, 2.45) is 0 Å². The highest BCUT2D eigenvalue weighted by molar-refractivity contribution is 5.86. The number of rotatable bonds is 4. The van der Waals surface area contributed by atoms with Crippen LogP contribution in [0.3, 0.4) is 0 Å². The van der Waals surface area contributed by atoms with Crippen LogP contribution < -0.4 is 0 Å². The van der Waals surface area contributed by atoms with E-state index in [1.807, 2.05) is 24.3 Å². The van der Waals surface area contributed by atoms with Crippen LogP contribution in [0.5, 0.6) is 0 Å². The predicted octanol–water partition coefficient (Wildman–Crippen LogP) is 3.46. The van der Waals surface area contributed by atoms with Crippen LogP contribution in [0, 0.1) is 23.7 Å². The van der Waals surface area contributed by atoms with Gasteiger partial charge in [-0.05, 0) is 36.5 Å². The van der Waals surface area contributed by atoms with E-state index < -0.39 is 0 Å². The summed E-state index contributed by atoms with van der Waals surface area (Å²) in [6.45, 7) is 2.09. The van der Waals surface area contributed by atoms with Gasteiger partial charge < -0.3 is 4.74 Å². The molecule has 100 valence electrons. The SMILES string of the molecule is CCCC#CC#CC=CC=CC=CC=C1C=CC(=O)O1. The Bertz CT molecular complexity index is 591. The topological polar surface area (TPSA) is 26.3 Å². The van der Waals surface area contributed by atoms with Gasteiger partial charge in [0.25, 0.3) is 0 Å². The summed E-state index contributed by atoms with van der Waals surface area (Å²) in [6, 6.07) is 0. The highest BCUT2D eigenvalue weighted by atomic mass is 16.5. The van der Waals surface area contributed by atoms with Gasteiger partial charge in [0, 0.05) is 12.5 Å². The van der Waals surface area contributed by atoms with E-state index in [4.69, 9.17) is 4.74 Å². The Morgan fingerprint density at radius 1 is 1.10 bits per heavy atom. The van der Waals surface area contributed by atoms with Crippen LogP contribution in [0.25, 0.3) is 0 Å². The van der Waals surface area contributed by atoms with Crippen molar-refractivity contribution in [1.29, 1.82) is 0 Å². The molecule has 0 aromatic rings. The molecule has 0 unspecified atom stereocenters. The average Bonchev–Trinajstić information content (AvgIpc) is 2.86. The molecule has 0 N–H and O–H groups in total. The molecule has 0 fully saturated rings. The van der Waals surface area contributed by atoms with Crippen molar-refractivity contribution in [3.63, 3.8) is 0 Å². The smallest absolute Gasteiger partial charge is 0.336 e. The molecular weight excluding hydrogens is 248 g/mol. The second-order valence-corrected chi connectivity index (χ2v) is 3.77.